The molecular weight excluding hydrogens is 264 g/mol. The Morgan fingerprint density at radius 2 is 1.95 bits per heavy atom. The van der Waals surface area contributed by atoms with E-state index in [-0.39, 0.29) is 12.1 Å². The van der Waals surface area contributed by atoms with Gasteiger partial charge < -0.3 is 4.74 Å². The van der Waals surface area contributed by atoms with Crippen LogP contribution in [0.5, 0.6) is 0 Å². The maximum atomic E-state index is 12.0. The Kier molecular flexibility index (Phi) is 3.09. The van der Waals surface area contributed by atoms with Gasteiger partial charge in [0, 0.05) is 23.2 Å². The summed E-state index contributed by atoms with van der Waals surface area (Å²) in [7, 11) is 0. The zero-order valence-corrected chi connectivity index (χ0v) is 11.9. The van der Waals surface area contributed by atoms with Gasteiger partial charge in [-0.3, -0.25) is 0 Å². The normalized spacial score (nSPS) is 19.0. The molecule has 0 aromatic carbocycles. The first-order valence-electron chi connectivity index (χ1n) is 7.77. The lowest BCUT2D eigenvalue weighted by atomic mass is 9.82. The largest absolute Gasteiger partial charge is 0.459 e. The molecule has 2 aromatic heterocycles. The van der Waals surface area contributed by atoms with Crippen molar-refractivity contribution in [3.8, 4) is 0 Å². The molecule has 0 aliphatic heterocycles. The number of carbonyl (C=O) groups excluding carboxylic acids is 1. The molecule has 21 heavy (non-hydrogen) atoms. The van der Waals surface area contributed by atoms with Crippen LogP contribution >= 0.6 is 0 Å². The first-order chi connectivity index (χ1) is 10.3. The Labute approximate surface area is 123 Å². The van der Waals surface area contributed by atoms with Gasteiger partial charge in [0.2, 0.25) is 0 Å². The van der Waals surface area contributed by atoms with Crippen LogP contribution in [-0.2, 0) is 4.74 Å². The minimum absolute atomic E-state index is 0.104. The van der Waals surface area contributed by atoms with E-state index in [2.05, 4.69) is 16.0 Å². The van der Waals surface area contributed by atoms with Gasteiger partial charge >= 0.3 is 5.97 Å². The number of hydrogen-bond donors (Lipinski definition) is 0. The SMILES string of the molecule is O=C(OC1CCC1)c1cnc2nc(C3CCC3)ccc2c1. The molecule has 4 heteroatoms. The fourth-order valence-corrected chi connectivity index (χ4v) is 2.78. The predicted octanol–water partition coefficient (Wildman–Crippen LogP) is 3.61. The molecule has 4 nitrogen and oxygen atoms in total. The highest BCUT2D eigenvalue weighted by molar-refractivity contribution is 5.93. The van der Waals surface area contributed by atoms with E-state index < -0.39 is 0 Å². The van der Waals surface area contributed by atoms with Crippen molar-refractivity contribution in [3.05, 3.63) is 35.7 Å². The van der Waals surface area contributed by atoms with Gasteiger partial charge in [0.25, 0.3) is 0 Å². The van der Waals surface area contributed by atoms with Crippen LogP contribution in [0.15, 0.2) is 24.4 Å². The van der Waals surface area contributed by atoms with Crippen LogP contribution in [0.2, 0.25) is 0 Å². The van der Waals surface area contributed by atoms with Crippen molar-refractivity contribution < 1.29 is 9.53 Å². The monoisotopic (exact) mass is 282 g/mol. The number of aromatic nitrogens is 2. The summed E-state index contributed by atoms with van der Waals surface area (Å²) in [5, 5.41) is 0.904. The summed E-state index contributed by atoms with van der Waals surface area (Å²) in [6.07, 6.45) is 8.56. The first kappa shape index (κ1) is 12.7. The van der Waals surface area contributed by atoms with Crippen molar-refractivity contribution in [2.75, 3.05) is 0 Å². The fourth-order valence-electron chi connectivity index (χ4n) is 2.78. The third kappa shape index (κ3) is 2.39. The third-order valence-corrected chi connectivity index (χ3v) is 4.65. The van der Waals surface area contributed by atoms with Crippen LogP contribution in [0, 0.1) is 0 Å². The molecule has 0 bridgehead atoms. The zero-order chi connectivity index (χ0) is 14.2. The quantitative estimate of drug-likeness (QED) is 0.807. The topological polar surface area (TPSA) is 52.1 Å². The van der Waals surface area contributed by atoms with E-state index >= 15 is 0 Å². The molecule has 0 saturated heterocycles. The lowest BCUT2D eigenvalue weighted by molar-refractivity contribution is 0.00899. The molecule has 0 amide bonds. The number of fused-ring (bicyclic) bond motifs is 1. The van der Waals surface area contributed by atoms with Gasteiger partial charge in [0.1, 0.15) is 6.10 Å². The van der Waals surface area contributed by atoms with Crippen molar-refractivity contribution >= 4 is 17.0 Å². The molecular formula is C17H18N2O2. The number of ether oxygens (including phenoxy) is 1. The third-order valence-electron chi connectivity index (χ3n) is 4.65. The molecule has 0 spiro atoms. The summed E-state index contributed by atoms with van der Waals surface area (Å²) >= 11 is 0. The molecule has 2 aliphatic carbocycles. The van der Waals surface area contributed by atoms with Crippen molar-refractivity contribution in [3.63, 3.8) is 0 Å². The number of pyridine rings is 2. The van der Waals surface area contributed by atoms with Gasteiger partial charge in [0.05, 0.1) is 5.56 Å². The summed E-state index contributed by atoms with van der Waals surface area (Å²) in [6, 6.07) is 5.92. The lowest BCUT2D eigenvalue weighted by Crippen LogP contribution is -2.25. The van der Waals surface area contributed by atoms with Crippen molar-refractivity contribution in [2.24, 2.45) is 0 Å². The van der Waals surface area contributed by atoms with E-state index in [1.165, 1.54) is 19.3 Å². The Bertz CT molecular complexity index is 690. The number of carbonyl (C=O) groups is 1. The van der Waals surface area contributed by atoms with Gasteiger partial charge in [-0.1, -0.05) is 6.42 Å². The smallest absolute Gasteiger partial charge is 0.339 e. The summed E-state index contributed by atoms with van der Waals surface area (Å²) in [5.74, 6) is 0.330. The van der Waals surface area contributed by atoms with Crippen molar-refractivity contribution in [1.82, 2.24) is 9.97 Å². The average Bonchev–Trinajstić information content (AvgIpc) is 2.40. The second-order valence-electron chi connectivity index (χ2n) is 6.09. The van der Waals surface area contributed by atoms with Crippen LogP contribution in [0.3, 0.4) is 0 Å². The molecule has 4 rings (SSSR count). The van der Waals surface area contributed by atoms with Crippen molar-refractivity contribution in [2.45, 2.75) is 50.5 Å². The molecule has 0 unspecified atom stereocenters. The van der Waals surface area contributed by atoms with E-state index in [9.17, 15) is 4.79 Å². The Morgan fingerprint density at radius 3 is 2.62 bits per heavy atom. The minimum atomic E-state index is -0.267. The first-order valence-corrected chi connectivity index (χ1v) is 7.77. The standard InChI is InChI=1S/C17H18N2O2/c20-17(21-14-5-2-6-14)13-9-12-7-8-15(11-3-1-4-11)19-16(12)18-10-13/h7-11,14H,1-6H2. The molecule has 2 heterocycles. The Morgan fingerprint density at radius 1 is 1.14 bits per heavy atom. The molecule has 108 valence electrons. The van der Waals surface area contributed by atoms with Crippen LogP contribution in [0.25, 0.3) is 11.0 Å². The van der Waals surface area contributed by atoms with Gasteiger partial charge in [0.15, 0.2) is 5.65 Å². The lowest BCUT2D eigenvalue weighted by Gasteiger charge is -2.25. The van der Waals surface area contributed by atoms with E-state index in [1.54, 1.807) is 6.20 Å². The Balaban J connectivity index is 1.58. The molecule has 2 aromatic rings. The number of nitrogens with zero attached hydrogens (tertiary/aromatic N) is 2. The second kappa shape index (κ2) is 5.10. The highest BCUT2D eigenvalue weighted by Crippen LogP contribution is 2.35. The Hall–Kier alpha value is -1.97. The van der Waals surface area contributed by atoms with Crippen LogP contribution in [-0.4, -0.2) is 22.0 Å². The minimum Gasteiger partial charge on any atom is -0.459 e. The number of hydrogen-bond acceptors (Lipinski definition) is 4. The predicted molar refractivity (Wildman–Crippen MR) is 79.2 cm³/mol. The van der Waals surface area contributed by atoms with E-state index in [0.29, 0.717) is 11.5 Å². The maximum absolute atomic E-state index is 12.0. The van der Waals surface area contributed by atoms with E-state index in [0.717, 1.165) is 36.0 Å². The highest BCUT2D eigenvalue weighted by Gasteiger charge is 2.23. The summed E-state index contributed by atoms with van der Waals surface area (Å²) < 4.78 is 5.41. The highest BCUT2D eigenvalue weighted by atomic mass is 16.5. The van der Waals surface area contributed by atoms with Crippen LogP contribution < -0.4 is 0 Å². The van der Waals surface area contributed by atoms with Gasteiger partial charge in [-0.25, -0.2) is 14.8 Å². The van der Waals surface area contributed by atoms with E-state index in [4.69, 9.17) is 4.74 Å². The molecule has 2 saturated carbocycles. The zero-order valence-electron chi connectivity index (χ0n) is 11.9. The molecule has 2 aliphatic rings. The molecule has 0 atom stereocenters. The summed E-state index contributed by atoms with van der Waals surface area (Å²) in [5.41, 5.74) is 2.37. The number of esters is 1. The molecule has 0 radical (unpaired) electrons. The summed E-state index contributed by atoms with van der Waals surface area (Å²) in [4.78, 5) is 21.0. The molecule has 2 fully saturated rings. The summed E-state index contributed by atoms with van der Waals surface area (Å²) in [6.45, 7) is 0. The van der Waals surface area contributed by atoms with Crippen LogP contribution in [0.1, 0.15) is 60.5 Å². The van der Waals surface area contributed by atoms with Crippen LogP contribution in [0.4, 0.5) is 0 Å². The maximum Gasteiger partial charge on any atom is 0.339 e. The second-order valence-corrected chi connectivity index (χ2v) is 6.09. The van der Waals surface area contributed by atoms with E-state index in [1.807, 2.05) is 12.1 Å². The van der Waals surface area contributed by atoms with Gasteiger partial charge in [-0.05, 0) is 50.3 Å². The van der Waals surface area contributed by atoms with Gasteiger partial charge in [-0.2, -0.15) is 0 Å². The molecule has 0 N–H and O–H groups in total. The van der Waals surface area contributed by atoms with Gasteiger partial charge in [-0.15, -0.1) is 0 Å². The fraction of sp³-hybridized carbons (Fsp3) is 0.471. The average molecular weight is 282 g/mol. The number of rotatable bonds is 3. The van der Waals surface area contributed by atoms with Crippen molar-refractivity contribution in [1.29, 1.82) is 0 Å².